The number of aromatic hydroxyl groups is 1. The van der Waals surface area contributed by atoms with E-state index in [9.17, 15) is 24.3 Å². The summed E-state index contributed by atoms with van der Waals surface area (Å²) in [5.41, 5.74) is 0.0452. The number of rotatable bonds is 14. The lowest BCUT2D eigenvalue weighted by Gasteiger charge is -2.25. The average Bonchev–Trinajstić information content (AvgIpc) is 2.96. The molecule has 9 heteroatoms. The predicted molar refractivity (Wildman–Crippen MR) is 142 cm³/mol. The van der Waals surface area contributed by atoms with Crippen LogP contribution >= 0.6 is 0 Å². The molecule has 0 spiro atoms. The average molecular weight is 539 g/mol. The number of unbranched alkanes of at least 4 members (excludes halogenated alkanes) is 3. The highest BCUT2D eigenvalue weighted by atomic mass is 16.5. The van der Waals surface area contributed by atoms with Crippen LogP contribution in [0, 0.1) is 11.8 Å². The normalized spacial score (nSPS) is 16.5. The minimum absolute atomic E-state index is 0.0452. The third-order valence-corrected chi connectivity index (χ3v) is 6.50. The Morgan fingerprint density at radius 3 is 1.92 bits per heavy atom. The van der Waals surface area contributed by atoms with E-state index in [0.717, 1.165) is 31.8 Å². The molecule has 0 bridgehead atoms. The van der Waals surface area contributed by atoms with Crippen LogP contribution in [-0.2, 0) is 19.1 Å². The maximum atomic E-state index is 12.6. The molecular weight excluding hydrogens is 504 g/mol. The van der Waals surface area contributed by atoms with Crippen molar-refractivity contribution in [3.05, 3.63) is 60.7 Å². The van der Waals surface area contributed by atoms with E-state index in [1.807, 2.05) is 0 Å². The van der Waals surface area contributed by atoms with E-state index in [2.05, 4.69) is 6.58 Å². The summed E-state index contributed by atoms with van der Waals surface area (Å²) >= 11 is 0. The van der Waals surface area contributed by atoms with Gasteiger partial charge in [0.05, 0.1) is 30.6 Å². The maximum absolute atomic E-state index is 12.6. The van der Waals surface area contributed by atoms with Gasteiger partial charge >= 0.3 is 17.9 Å². The number of carbonyl (C=O) groups is 4. The fourth-order valence-corrected chi connectivity index (χ4v) is 4.24. The van der Waals surface area contributed by atoms with Gasteiger partial charge in [0.25, 0.3) is 0 Å². The van der Waals surface area contributed by atoms with Crippen molar-refractivity contribution in [2.24, 2.45) is 11.8 Å². The van der Waals surface area contributed by atoms with Crippen molar-refractivity contribution >= 4 is 24.2 Å². The number of hydrogen-bond acceptors (Lipinski definition) is 9. The number of hydrogen-bond donors (Lipinski definition) is 1. The third kappa shape index (κ3) is 9.59. The Balaban J connectivity index is 1.33. The second-order valence-corrected chi connectivity index (χ2v) is 9.33. The van der Waals surface area contributed by atoms with Gasteiger partial charge in [-0.3, -0.25) is 14.4 Å². The summed E-state index contributed by atoms with van der Waals surface area (Å²) in [4.78, 5) is 47.1. The number of benzene rings is 2. The van der Waals surface area contributed by atoms with Crippen LogP contribution in [0.1, 0.15) is 61.7 Å². The topological polar surface area (TPSA) is 125 Å². The molecule has 0 radical (unpaired) electrons. The first-order valence-corrected chi connectivity index (χ1v) is 13.1. The van der Waals surface area contributed by atoms with E-state index in [1.165, 1.54) is 18.2 Å². The lowest BCUT2D eigenvalue weighted by molar-refractivity contribution is -0.145. The van der Waals surface area contributed by atoms with Crippen LogP contribution in [0.3, 0.4) is 0 Å². The number of aldehydes is 1. The minimum Gasteiger partial charge on any atom is -0.507 e. The summed E-state index contributed by atoms with van der Waals surface area (Å²) < 4.78 is 21.6. The highest BCUT2D eigenvalue weighted by Crippen LogP contribution is 2.32. The van der Waals surface area contributed by atoms with Gasteiger partial charge in [0.1, 0.15) is 23.0 Å². The van der Waals surface area contributed by atoms with Gasteiger partial charge in [-0.15, -0.1) is 0 Å². The molecule has 1 saturated carbocycles. The van der Waals surface area contributed by atoms with E-state index >= 15 is 0 Å². The summed E-state index contributed by atoms with van der Waals surface area (Å²) in [7, 11) is 0. The second-order valence-electron chi connectivity index (χ2n) is 9.33. The number of phenolic OH excluding ortho intramolecular Hbond substituents is 1. The Hall–Kier alpha value is -4.14. The molecule has 0 aromatic heterocycles. The third-order valence-electron chi connectivity index (χ3n) is 6.50. The fraction of sp³-hybridized carbons (Fsp3) is 0.400. The predicted octanol–water partition coefficient (Wildman–Crippen LogP) is 5.19. The summed E-state index contributed by atoms with van der Waals surface area (Å²) in [6, 6.07) is 10.9. The molecule has 2 aromatic carbocycles. The highest BCUT2D eigenvalue weighted by molar-refractivity contribution is 5.82. The summed E-state index contributed by atoms with van der Waals surface area (Å²) in [5, 5.41) is 9.58. The van der Waals surface area contributed by atoms with Gasteiger partial charge in [0, 0.05) is 6.08 Å². The molecule has 1 fully saturated rings. The zero-order valence-electron chi connectivity index (χ0n) is 21.8. The van der Waals surface area contributed by atoms with Crippen molar-refractivity contribution in [1.29, 1.82) is 0 Å². The van der Waals surface area contributed by atoms with Gasteiger partial charge in [-0.2, -0.15) is 0 Å². The van der Waals surface area contributed by atoms with Gasteiger partial charge in [-0.05, 0) is 93.8 Å². The summed E-state index contributed by atoms with van der Waals surface area (Å²) in [6.45, 7) is 4.30. The van der Waals surface area contributed by atoms with E-state index in [-0.39, 0.29) is 34.9 Å². The lowest BCUT2D eigenvalue weighted by atomic mass is 9.82. The number of carbonyl (C=O) groups excluding carboxylic acids is 4. The van der Waals surface area contributed by atoms with E-state index in [4.69, 9.17) is 18.9 Å². The highest BCUT2D eigenvalue weighted by Gasteiger charge is 2.32. The molecule has 39 heavy (non-hydrogen) atoms. The summed E-state index contributed by atoms with van der Waals surface area (Å²) in [6.07, 6.45) is 7.20. The van der Waals surface area contributed by atoms with Crippen LogP contribution in [-0.4, -0.2) is 42.5 Å². The molecule has 0 amide bonds. The van der Waals surface area contributed by atoms with Crippen LogP contribution in [0.15, 0.2) is 55.1 Å². The van der Waals surface area contributed by atoms with Gasteiger partial charge in [0.2, 0.25) is 0 Å². The molecule has 0 aliphatic heterocycles. The van der Waals surface area contributed by atoms with Crippen molar-refractivity contribution in [2.75, 3.05) is 13.2 Å². The molecule has 0 atom stereocenters. The molecule has 3 rings (SSSR count). The second kappa shape index (κ2) is 15.3. The number of phenols is 1. The molecule has 0 saturated heterocycles. The Bertz CT molecular complexity index is 1130. The fourth-order valence-electron chi connectivity index (χ4n) is 4.24. The first-order chi connectivity index (χ1) is 18.9. The van der Waals surface area contributed by atoms with E-state index in [1.54, 1.807) is 24.3 Å². The molecular formula is C30H34O9. The van der Waals surface area contributed by atoms with Gasteiger partial charge in [-0.25, -0.2) is 4.79 Å². The van der Waals surface area contributed by atoms with Gasteiger partial charge in [0.15, 0.2) is 6.29 Å². The van der Waals surface area contributed by atoms with E-state index < -0.39 is 11.9 Å². The van der Waals surface area contributed by atoms with Crippen LogP contribution < -0.4 is 14.2 Å². The largest absolute Gasteiger partial charge is 0.507 e. The van der Waals surface area contributed by atoms with Crippen molar-refractivity contribution in [2.45, 2.75) is 51.4 Å². The minimum atomic E-state index is -0.422. The van der Waals surface area contributed by atoms with Crippen LogP contribution in [0.5, 0.6) is 23.0 Å². The molecule has 208 valence electrons. The molecule has 1 N–H and O–H groups in total. The molecule has 1 aliphatic rings. The Morgan fingerprint density at radius 2 is 1.33 bits per heavy atom. The van der Waals surface area contributed by atoms with Crippen LogP contribution in [0.25, 0.3) is 0 Å². The first kappa shape index (κ1) is 29.4. The summed E-state index contributed by atoms with van der Waals surface area (Å²) in [5.74, 6) is -0.686. The quantitative estimate of drug-likeness (QED) is 0.114. The Kier molecular flexibility index (Phi) is 11.6. The molecule has 9 nitrogen and oxygen atoms in total. The van der Waals surface area contributed by atoms with Crippen molar-refractivity contribution in [1.82, 2.24) is 0 Å². The van der Waals surface area contributed by atoms with Crippen molar-refractivity contribution in [3.8, 4) is 23.0 Å². The maximum Gasteiger partial charge on any atom is 0.330 e. The van der Waals surface area contributed by atoms with Gasteiger partial charge in [-0.1, -0.05) is 6.58 Å². The Morgan fingerprint density at radius 1 is 0.795 bits per heavy atom. The smallest absolute Gasteiger partial charge is 0.330 e. The zero-order valence-corrected chi connectivity index (χ0v) is 21.8. The zero-order chi connectivity index (χ0) is 28.0. The first-order valence-electron chi connectivity index (χ1n) is 13.1. The molecule has 0 heterocycles. The standard InChI is InChI=1S/C30H34O9/c1-2-28(33)37-18-6-4-3-5-17-36-24-11-13-25(14-12-24)38-29(34)21-7-9-22(10-8-21)30(35)39-26-15-16-27(32)23(19-26)20-31/h2,11-16,19-22,32H,1,3-10,17-18H2/t21-,22-. The van der Waals surface area contributed by atoms with Crippen LogP contribution in [0.2, 0.25) is 0 Å². The monoisotopic (exact) mass is 538 g/mol. The Labute approximate surface area is 227 Å². The SMILES string of the molecule is C=CC(=O)OCCCCCCOc1ccc(OC(=O)[C@H]2CC[C@H](C(=O)Oc3ccc(O)c(C=O)c3)CC2)cc1. The molecule has 1 aliphatic carbocycles. The molecule has 2 aromatic rings. The van der Waals surface area contributed by atoms with Gasteiger partial charge < -0.3 is 24.1 Å². The molecule has 0 unspecified atom stereocenters. The van der Waals surface area contributed by atoms with E-state index in [0.29, 0.717) is 56.7 Å². The van der Waals surface area contributed by atoms with Crippen molar-refractivity contribution < 1.29 is 43.2 Å². The lowest BCUT2D eigenvalue weighted by Crippen LogP contribution is -2.30. The number of ether oxygens (including phenoxy) is 4. The number of esters is 3. The van der Waals surface area contributed by atoms with Crippen LogP contribution in [0.4, 0.5) is 0 Å². The van der Waals surface area contributed by atoms with Crippen molar-refractivity contribution in [3.63, 3.8) is 0 Å².